The Labute approximate surface area is 128 Å². The third-order valence-corrected chi connectivity index (χ3v) is 4.06. The molecule has 2 aromatic carbocycles. The van der Waals surface area contributed by atoms with Crippen molar-refractivity contribution in [2.45, 2.75) is 13.0 Å². The monoisotopic (exact) mass is 419 g/mol. The fourth-order valence-corrected chi connectivity index (χ4v) is 2.78. The number of halogens is 3. The fraction of sp³-hybridized carbons (Fsp3) is 0.143. The van der Waals surface area contributed by atoms with E-state index in [2.05, 4.69) is 62.9 Å². The van der Waals surface area contributed by atoms with Crippen LogP contribution in [0.3, 0.4) is 0 Å². The topological polar surface area (TPSA) is 12.0 Å². The molecule has 1 nitrogen and oxygen atoms in total. The maximum atomic E-state index is 13.0. The lowest BCUT2D eigenvalue weighted by Gasteiger charge is -2.17. The van der Waals surface area contributed by atoms with Crippen molar-refractivity contribution in [1.82, 2.24) is 0 Å². The van der Waals surface area contributed by atoms with Gasteiger partial charge in [0.2, 0.25) is 0 Å². The molecule has 0 amide bonds. The minimum atomic E-state index is -0.230. The summed E-state index contributed by atoms with van der Waals surface area (Å²) in [5.74, 6) is -0.230. The summed E-state index contributed by atoms with van der Waals surface area (Å²) in [6.07, 6.45) is 0. The highest BCUT2D eigenvalue weighted by molar-refractivity contribution is 14.1. The quantitative estimate of drug-likeness (QED) is 0.660. The van der Waals surface area contributed by atoms with Crippen molar-refractivity contribution in [3.63, 3.8) is 0 Å². The molecule has 0 spiro atoms. The Hall–Kier alpha value is -0.620. The van der Waals surface area contributed by atoms with Gasteiger partial charge in [0.05, 0.1) is 0 Å². The molecule has 0 saturated carbocycles. The lowest BCUT2D eigenvalue weighted by molar-refractivity contribution is 0.625. The second-order valence-corrected chi connectivity index (χ2v) is 6.14. The van der Waals surface area contributed by atoms with Crippen LogP contribution in [0.4, 0.5) is 10.1 Å². The zero-order valence-corrected chi connectivity index (χ0v) is 13.5. The van der Waals surface area contributed by atoms with Crippen molar-refractivity contribution in [2.75, 3.05) is 5.32 Å². The van der Waals surface area contributed by atoms with Crippen molar-refractivity contribution >= 4 is 44.2 Å². The zero-order chi connectivity index (χ0) is 13.1. The van der Waals surface area contributed by atoms with Crippen LogP contribution in [0.25, 0.3) is 0 Å². The number of rotatable bonds is 3. The molecule has 0 aliphatic rings. The van der Waals surface area contributed by atoms with E-state index in [1.165, 1.54) is 15.7 Å². The van der Waals surface area contributed by atoms with Crippen LogP contribution in [0.5, 0.6) is 0 Å². The second-order valence-electron chi connectivity index (χ2n) is 4.04. The van der Waals surface area contributed by atoms with Crippen molar-refractivity contribution in [1.29, 1.82) is 0 Å². The predicted molar refractivity (Wildman–Crippen MR) is 85.3 cm³/mol. The summed E-state index contributed by atoms with van der Waals surface area (Å²) in [5.41, 5.74) is 2.09. The molecule has 1 atom stereocenters. The molecule has 1 N–H and O–H groups in total. The Morgan fingerprint density at radius 1 is 1.17 bits per heavy atom. The van der Waals surface area contributed by atoms with E-state index in [1.807, 2.05) is 12.1 Å². The molecule has 0 bridgehead atoms. The second kappa shape index (κ2) is 6.02. The van der Waals surface area contributed by atoms with Gasteiger partial charge in [-0.1, -0.05) is 22.0 Å². The molecule has 2 aromatic rings. The van der Waals surface area contributed by atoms with Gasteiger partial charge in [0.25, 0.3) is 0 Å². The van der Waals surface area contributed by atoms with E-state index in [9.17, 15) is 4.39 Å². The minimum Gasteiger partial charge on any atom is -0.378 e. The highest BCUT2D eigenvalue weighted by Crippen LogP contribution is 2.27. The minimum absolute atomic E-state index is 0.111. The van der Waals surface area contributed by atoms with Gasteiger partial charge in [-0.05, 0) is 71.5 Å². The largest absolute Gasteiger partial charge is 0.378 e. The maximum Gasteiger partial charge on any atom is 0.124 e. The van der Waals surface area contributed by atoms with E-state index in [0.29, 0.717) is 0 Å². The summed E-state index contributed by atoms with van der Waals surface area (Å²) in [6, 6.07) is 13.0. The molecule has 0 fully saturated rings. The molecule has 0 heterocycles. The van der Waals surface area contributed by atoms with Crippen LogP contribution in [0.2, 0.25) is 0 Å². The summed E-state index contributed by atoms with van der Waals surface area (Å²) in [7, 11) is 0. The van der Waals surface area contributed by atoms with Crippen LogP contribution >= 0.6 is 38.5 Å². The smallest absolute Gasteiger partial charge is 0.124 e. The molecule has 0 aliphatic heterocycles. The Balaban J connectivity index is 2.16. The third-order valence-electron chi connectivity index (χ3n) is 2.66. The van der Waals surface area contributed by atoms with Crippen molar-refractivity contribution in [3.8, 4) is 0 Å². The number of hydrogen-bond donors (Lipinski definition) is 1. The van der Waals surface area contributed by atoms with Crippen molar-refractivity contribution < 1.29 is 4.39 Å². The zero-order valence-electron chi connectivity index (χ0n) is 9.75. The lowest BCUT2D eigenvalue weighted by Crippen LogP contribution is -2.07. The first-order valence-electron chi connectivity index (χ1n) is 5.53. The summed E-state index contributed by atoms with van der Waals surface area (Å²) in [6.45, 7) is 2.05. The Kier molecular flexibility index (Phi) is 4.61. The van der Waals surface area contributed by atoms with Gasteiger partial charge in [0, 0.05) is 19.8 Å². The van der Waals surface area contributed by atoms with Gasteiger partial charge in [0.1, 0.15) is 5.82 Å². The first-order valence-corrected chi connectivity index (χ1v) is 7.40. The van der Waals surface area contributed by atoms with Gasteiger partial charge in [-0.2, -0.15) is 0 Å². The van der Waals surface area contributed by atoms with Gasteiger partial charge in [-0.25, -0.2) is 4.39 Å². The summed E-state index contributed by atoms with van der Waals surface area (Å²) in [5, 5.41) is 3.39. The molecule has 94 valence electrons. The fourth-order valence-electron chi connectivity index (χ4n) is 1.73. The highest BCUT2D eigenvalue weighted by atomic mass is 127. The molecule has 0 saturated heterocycles. The first kappa shape index (κ1) is 13.8. The molecular formula is C14H12BrFIN. The Bertz CT molecular complexity index is 542. The number of anilines is 1. The van der Waals surface area contributed by atoms with E-state index in [4.69, 9.17) is 0 Å². The Morgan fingerprint density at radius 3 is 2.44 bits per heavy atom. The van der Waals surface area contributed by atoms with Crippen molar-refractivity contribution in [3.05, 3.63) is 61.9 Å². The summed E-state index contributed by atoms with van der Waals surface area (Å²) in [4.78, 5) is 0. The van der Waals surface area contributed by atoms with Crippen LogP contribution in [0.1, 0.15) is 18.5 Å². The van der Waals surface area contributed by atoms with Gasteiger partial charge in [-0.3, -0.25) is 0 Å². The third kappa shape index (κ3) is 3.45. The molecule has 4 heteroatoms. The van der Waals surface area contributed by atoms with Gasteiger partial charge >= 0.3 is 0 Å². The standard InChI is InChI=1S/C14H12BrFIN/c1-9(13-7-2-10(16)8-14(13)15)18-12-5-3-11(17)4-6-12/h2-9,18H,1H3. The predicted octanol–water partition coefficient (Wildman–Crippen LogP) is 5.37. The SMILES string of the molecule is CC(Nc1ccc(I)cc1)c1ccc(F)cc1Br. The first-order chi connectivity index (χ1) is 8.56. The molecule has 0 radical (unpaired) electrons. The maximum absolute atomic E-state index is 13.0. The number of benzene rings is 2. The van der Waals surface area contributed by atoms with Crippen molar-refractivity contribution in [2.24, 2.45) is 0 Å². The average molecular weight is 420 g/mol. The lowest BCUT2D eigenvalue weighted by atomic mass is 10.1. The number of hydrogen-bond acceptors (Lipinski definition) is 1. The van der Waals surface area contributed by atoms with Crippen LogP contribution in [0, 0.1) is 9.39 Å². The van der Waals surface area contributed by atoms with Gasteiger partial charge < -0.3 is 5.32 Å². The van der Waals surface area contributed by atoms with Crippen LogP contribution in [0.15, 0.2) is 46.9 Å². The average Bonchev–Trinajstić information content (AvgIpc) is 2.32. The van der Waals surface area contributed by atoms with E-state index in [0.717, 1.165) is 15.7 Å². The number of nitrogens with one attached hydrogen (secondary N) is 1. The van der Waals surface area contributed by atoms with E-state index in [1.54, 1.807) is 6.07 Å². The highest BCUT2D eigenvalue weighted by Gasteiger charge is 2.09. The summed E-state index contributed by atoms with van der Waals surface area (Å²) >= 11 is 5.67. The van der Waals surface area contributed by atoms with Gasteiger partial charge in [0.15, 0.2) is 0 Å². The molecule has 18 heavy (non-hydrogen) atoms. The molecular weight excluding hydrogens is 408 g/mol. The summed E-state index contributed by atoms with van der Waals surface area (Å²) < 4.78 is 15.0. The molecule has 0 aliphatic carbocycles. The van der Waals surface area contributed by atoms with Gasteiger partial charge in [-0.15, -0.1) is 0 Å². The molecule has 2 rings (SSSR count). The van der Waals surface area contributed by atoms with Crippen LogP contribution in [-0.4, -0.2) is 0 Å². The van der Waals surface area contributed by atoms with E-state index < -0.39 is 0 Å². The van der Waals surface area contributed by atoms with E-state index >= 15 is 0 Å². The normalized spacial score (nSPS) is 12.2. The molecule has 1 unspecified atom stereocenters. The van der Waals surface area contributed by atoms with E-state index in [-0.39, 0.29) is 11.9 Å². The van der Waals surface area contributed by atoms with Crippen LogP contribution in [-0.2, 0) is 0 Å². The molecule has 0 aromatic heterocycles. The van der Waals surface area contributed by atoms with Crippen LogP contribution < -0.4 is 5.32 Å². The Morgan fingerprint density at radius 2 is 1.83 bits per heavy atom.